The molecule has 2 aliphatic rings. The zero-order valence-corrected chi connectivity index (χ0v) is 10.5. The van der Waals surface area contributed by atoms with E-state index in [1.165, 1.54) is 0 Å². The first-order chi connectivity index (χ1) is 8.14. The number of ether oxygens (including phenoxy) is 1. The van der Waals surface area contributed by atoms with Gasteiger partial charge in [-0.1, -0.05) is 17.7 Å². The molecule has 0 N–H and O–H groups in total. The standard InChI is InChI=1S/C13H14O3S/c1-9-2-4-11(5-3-9)17(15)13-8-10(13)6-7-16-12(13)14/h2-5,10H,6-8H2,1H3/t10-,13-,17?/m1/s1. The second-order valence-electron chi connectivity index (χ2n) is 4.80. The molecule has 3 nitrogen and oxygen atoms in total. The van der Waals surface area contributed by atoms with E-state index in [2.05, 4.69) is 0 Å². The average Bonchev–Trinajstić information content (AvgIpc) is 3.06. The number of fused-ring (bicyclic) bond motifs is 1. The van der Waals surface area contributed by atoms with Crippen LogP contribution in [0.25, 0.3) is 0 Å². The number of cyclic esters (lactones) is 1. The maximum absolute atomic E-state index is 12.5. The van der Waals surface area contributed by atoms with Crippen molar-refractivity contribution in [3.05, 3.63) is 29.8 Å². The molecule has 2 fully saturated rings. The number of esters is 1. The van der Waals surface area contributed by atoms with Crippen molar-refractivity contribution in [2.75, 3.05) is 6.61 Å². The molecule has 0 amide bonds. The Morgan fingerprint density at radius 2 is 2.06 bits per heavy atom. The number of rotatable bonds is 2. The number of hydrogen-bond acceptors (Lipinski definition) is 3. The van der Waals surface area contributed by atoms with Gasteiger partial charge in [0.2, 0.25) is 0 Å². The van der Waals surface area contributed by atoms with E-state index in [1.54, 1.807) is 0 Å². The van der Waals surface area contributed by atoms with Crippen molar-refractivity contribution in [3.8, 4) is 0 Å². The smallest absolute Gasteiger partial charge is 0.325 e. The summed E-state index contributed by atoms with van der Waals surface area (Å²) < 4.78 is 16.8. The summed E-state index contributed by atoms with van der Waals surface area (Å²) in [5.74, 6) is -0.0152. The van der Waals surface area contributed by atoms with Crippen LogP contribution in [0.5, 0.6) is 0 Å². The monoisotopic (exact) mass is 250 g/mol. The largest absolute Gasteiger partial charge is 0.465 e. The zero-order chi connectivity index (χ0) is 12.0. The van der Waals surface area contributed by atoms with Crippen LogP contribution < -0.4 is 0 Å². The molecule has 1 aliphatic carbocycles. The molecule has 17 heavy (non-hydrogen) atoms. The van der Waals surface area contributed by atoms with Crippen LogP contribution in [0, 0.1) is 12.8 Å². The molecule has 0 aromatic heterocycles. The van der Waals surface area contributed by atoms with Gasteiger partial charge in [-0.25, -0.2) is 0 Å². The third-order valence-electron chi connectivity index (χ3n) is 3.66. The van der Waals surface area contributed by atoms with Gasteiger partial charge >= 0.3 is 5.97 Å². The Balaban J connectivity index is 1.92. The fraction of sp³-hybridized carbons (Fsp3) is 0.462. The molecule has 1 saturated heterocycles. The minimum atomic E-state index is -1.27. The fourth-order valence-electron chi connectivity index (χ4n) is 2.48. The Labute approximate surface area is 103 Å². The summed E-state index contributed by atoms with van der Waals surface area (Å²) in [4.78, 5) is 12.6. The fourth-order valence-corrected chi connectivity index (χ4v) is 4.27. The predicted octanol–water partition coefficient (Wildman–Crippen LogP) is 1.81. The van der Waals surface area contributed by atoms with Crippen LogP contribution in [0.1, 0.15) is 18.4 Å². The van der Waals surface area contributed by atoms with Gasteiger partial charge in [0.1, 0.15) is 0 Å². The van der Waals surface area contributed by atoms with Crippen LogP contribution in [0.3, 0.4) is 0 Å². The molecule has 3 atom stereocenters. The third kappa shape index (κ3) is 1.54. The lowest BCUT2D eigenvalue weighted by atomic mass is 10.2. The van der Waals surface area contributed by atoms with E-state index in [4.69, 9.17) is 4.74 Å². The maximum atomic E-state index is 12.5. The molecule has 0 radical (unpaired) electrons. The third-order valence-corrected chi connectivity index (χ3v) is 5.69. The highest BCUT2D eigenvalue weighted by molar-refractivity contribution is 7.87. The number of benzene rings is 1. The molecule has 4 heteroatoms. The van der Waals surface area contributed by atoms with E-state index in [-0.39, 0.29) is 11.9 Å². The van der Waals surface area contributed by atoms with Gasteiger partial charge in [0.25, 0.3) is 0 Å². The number of hydrogen-bond donors (Lipinski definition) is 0. The summed E-state index contributed by atoms with van der Waals surface area (Å²) in [6.07, 6.45) is 1.57. The van der Waals surface area contributed by atoms with Crippen molar-refractivity contribution >= 4 is 16.8 Å². The van der Waals surface area contributed by atoms with E-state index < -0.39 is 15.5 Å². The van der Waals surface area contributed by atoms with Crippen LogP contribution in [0.15, 0.2) is 29.2 Å². The van der Waals surface area contributed by atoms with Crippen LogP contribution in [0.2, 0.25) is 0 Å². The summed E-state index contributed by atoms with van der Waals surface area (Å²) in [5, 5.41) is 0. The first-order valence-corrected chi connectivity index (χ1v) is 6.95. The molecule has 1 aromatic carbocycles. The minimum Gasteiger partial charge on any atom is -0.465 e. The lowest BCUT2D eigenvalue weighted by Gasteiger charge is -2.20. The summed E-state index contributed by atoms with van der Waals surface area (Å²) >= 11 is 0. The molecule has 1 aliphatic heterocycles. The first-order valence-electron chi connectivity index (χ1n) is 5.80. The predicted molar refractivity (Wildman–Crippen MR) is 64.0 cm³/mol. The SMILES string of the molecule is Cc1ccc(S(=O)[C@]23C[C@H]2CCOC3=O)cc1. The van der Waals surface area contributed by atoms with Crippen LogP contribution in [0.4, 0.5) is 0 Å². The Kier molecular flexibility index (Phi) is 2.36. The summed E-state index contributed by atoms with van der Waals surface area (Å²) in [6, 6.07) is 7.54. The minimum absolute atomic E-state index is 0.255. The summed E-state index contributed by atoms with van der Waals surface area (Å²) in [6.45, 7) is 2.47. The molecular formula is C13H14O3S. The topological polar surface area (TPSA) is 43.4 Å². The molecule has 1 heterocycles. The lowest BCUT2D eigenvalue weighted by molar-refractivity contribution is -0.146. The van der Waals surface area contributed by atoms with Crippen molar-refractivity contribution < 1.29 is 13.7 Å². The first kappa shape index (κ1) is 11.0. The second-order valence-corrected chi connectivity index (χ2v) is 6.53. The van der Waals surface area contributed by atoms with Crippen LogP contribution in [-0.4, -0.2) is 21.5 Å². The molecule has 0 bridgehead atoms. The Bertz CT molecular complexity index is 494. The van der Waals surface area contributed by atoms with Crippen LogP contribution >= 0.6 is 0 Å². The zero-order valence-electron chi connectivity index (χ0n) is 9.64. The Morgan fingerprint density at radius 1 is 1.35 bits per heavy atom. The van der Waals surface area contributed by atoms with Gasteiger partial charge in [0.15, 0.2) is 4.75 Å². The van der Waals surface area contributed by atoms with Crippen molar-refractivity contribution in [2.24, 2.45) is 5.92 Å². The van der Waals surface area contributed by atoms with E-state index in [0.717, 1.165) is 16.9 Å². The summed E-state index contributed by atoms with van der Waals surface area (Å²) in [5.41, 5.74) is 1.13. The van der Waals surface area contributed by atoms with Crippen molar-refractivity contribution in [2.45, 2.75) is 29.4 Å². The highest BCUT2D eigenvalue weighted by Crippen LogP contribution is 2.55. The van der Waals surface area contributed by atoms with Gasteiger partial charge in [0.05, 0.1) is 17.4 Å². The molecule has 0 spiro atoms. The Hall–Kier alpha value is -1.16. The van der Waals surface area contributed by atoms with E-state index in [9.17, 15) is 9.00 Å². The van der Waals surface area contributed by atoms with Gasteiger partial charge in [-0.15, -0.1) is 0 Å². The van der Waals surface area contributed by atoms with Gasteiger partial charge in [-0.2, -0.15) is 0 Å². The van der Waals surface area contributed by atoms with E-state index in [0.29, 0.717) is 13.0 Å². The Morgan fingerprint density at radius 3 is 2.71 bits per heavy atom. The van der Waals surface area contributed by atoms with Crippen molar-refractivity contribution in [3.63, 3.8) is 0 Å². The average molecular weight is 250 g/mol. The van der Waals surface area contributed by atoms with E-state index >= 15 is 0 Å². The molecule has 1 aromatic rings. The highest BCUT2D eigenvalue weighted by Gasteiger charge is 2.67. The second kappa shape index (κ2) is 3.67. The summed E-state index contributed by atoms with van der Waals surface area (Å²) in [7, 11) is -1.27. The van der Waals surface area contributed by atoms with Gasteiger partial charge < -0.3 is 4.74 Å². The van der Waals surface area contributed by atoms with Crippen LogP contribution in [-0.2, 0) is 20.3 Å². The molecule has 1 unspecified atom stereocenters. The lowest BCUT2D eigenvalue weighted by Crippen LogP contribution is -2.36. The van der Waals surface area contributed by atoms with Gasteiger partial charge in [0, 0.05) is 4.90 Å². The molecular weight excluding hydrogens is 236 g/mol. The number of carbonyl (C=O) groups excluding carboxylic acids is 1. The normalized spacial score (nSPS) is 32.5. The molecule has 1 saturated carbocycles. The quantitative estimate of drug-likeness (QED) is 0.752. The highest BCUT2D eigenvalue weighted by atomic mass is 32.2. The van der Waals surface area contributed by atoms with Crippen molar-refractivity contribution in [1.29, 1.82) is 0 Å². The van der Waals surface area contributed by atoms with Gasteiger partial charge in [-0.3, -0.25) is 9.00 Å². The van der Waals surface area contributed by atoms with Gasteiger partial charge in [-0.05, 0) is 37.8 Å². The number of aryl methyl sites for hydroxylation is 1. The van der Waals surface area contributed by atoms with E-state index in [1.807, 2.05) is 31.2 Å². The maximum Gasteiger partial charge on any atom is 0.325 e. The molecule has 3 rings (SSSR count). The van der Waals surface area contributed by atoms with Crippen molar-refractivity contribution in [1.82, 2.24) is 0 Å². The number of carbonyl (C=O) groups is 1. The molecule has 90 valence electrons.